The molecule has 0 saturated heterocycles. The number of hydrazine groups is 1. The molecule has 0 aliphatic carbocycles. The van der Waals surface area contributed by atoms with Crippen molar-refractivity contribution in [1.29, 1.82) is 0 Å². The maximum atomic E-state index is 6.53. The Hall–Kier alpha value is -3.56. The molecule has 0 spiro atoms. The van der Waals surface area contributed by atoms with E-state index in [1.165, 1.54) is 0 Å². The van der Waals surface area contributed by atoms with Crippen LogP contribution >= 0.6 is 0 Å². The highest BCUT2D eigenvalue weighted by molar-refractivity contribution is 6.06. The third-order valence-corrected chi connectivity index (χ3v) is 4.60. The molecular formula is C25H22N2O. The lowest BCUT2D eigenvalue weighted by molar-refractivity contribution is 0.669. The Morgan fingerprint density at radius 3 is 2.43 bits per heavy atom. The highest BCUT2D eigenvalue weighted by Gasteiger charge is 2.11. The number of fused-ring (bicyclic) bond motifs is 3. The first-order valence-corrected chi connectivity index (χ1v) is 9.28. The van der Waals surface area contributed by atoms with Gasteiger partial charge in [0.05, 0.1) is 11.4 Å². The van der Waals surface area contributed by atoms with Gasteiger partial charge in [0.25, 0.3) is 0 Å². The third kappa shape index (κ3) is 3.61. The van der Waals surface area contributed by atoms with Crippen molar-refractivity contribution in [2.45, 2.75) is 6.92 Å². The van der Waals surface area contributed by atoms with Crippen molar-refractivity contribution in [1.82, 2.24) is 0 Å². The Kier molecular flexibility index (Phi) is 5.09. The van der Waals surface area contributed by atoms with Crippen molar-refractivity contribution >= 4 is 33.7 Å². The summed E-state index contributed by atoms with van der Waals surface area (Å²) >= 11 is 0. The topological polar surface area (TPSA) is 42.4 Å². The quantitative estimate of drug-likeness (QED) is 0.251. The molecule has 0 fully saturated rings. The third-order valence-electron chi connectivity index (χ3n) is 4.60. The maximum absolute atomic E-state index is 6.53. The van der Waals surface area contributed by atoms with Gasteiger partial charge in [-0.15, -0.1) is 0 Å². The molecule has 138 valence electrons. The van der Waals surface area contributed by atoms with E-state index >= 15 is 0 Å². The second-order valence-corrected chi connectivity index (χ2v) is 6.51. The van der Waals surface area contributed by atoms with Gasteiger partial charge in [-0.25, -0.2) is 5.84 Å². The highest BCUT2D eigenvalue weighted by atomic mass is 16.3. The van der Waals surface area contributed by atoms with Crippen LogP contribution in [0.3, 0.4) is 0 Å². The van der Waals surface area contributed by atoms with Crippen LogP contribution in [0.4, 0.5) is 5.69 Å². The summed E-state index contributed by atoms with van der Waals surface area (Å²) in [5.74, 6) is 6.53. The van der Waals surface area contributed by atoms with Crippen molar-refractivity contribution in [3.8, 4) is 0 Å². The zero-order chi connectivity index (χ0) is 19.3. The minimum Gasteiger partial charge on any atom is -0.456 e. The molecule has 0 aliphatic heterocycles. The Labute approximate surface area is 164 Å². The van der Waals surface area contributed by atoms with Gasteiger partial charge < -0.3 is 4.42 Å². The summed E-state index contributed by atoms with van der Waals surface area (Å²) in [5, 5.41) is 3.85. The molecule has 0 radical (unpaired) electrons. The molecule has 0 unspecified atom stereocenters. The van der Waals surface area contributed by atoms with E-state index in [4.69, 9.17) is 10.3 Å². The number of hydrogen-bond acceptors (Lipinski definition) is 3. The Morgan fingerprint density at radius 1 is 0.857 bits per heavy atom. The first-order valence-electron chi connectivity index (χ1n) is 9.28. The highest BCUT2D eigenvalue weighted by Crippen LogP contribution is 2.32. The summed E-state index contributed by atoms with van der Waals surface area (Å²) in [7, 11) is 0. The van der Waals surface area contributed by atoms with Crippen molar-refractivity contribution in [2.75, 3.05) is 5.01 Å². The number of furan rings is 1. The first kappa shape index (κ1) is 17.8. The molecule has 2 N–H and O–H groups in total. The van der Waals surface area contributed by atoms with Crippen LogP contribution in [0, 0.1) is 0 Å². The molecule has 3 heteroatoms. The molecule has 4 aromatic rings. The standard InChI is InChI=1S/C25H22N2O/c1-2-3-5-12-20(17-19-10-6-4-7-11-19)27(26)21-15-16-25-23(18-21)22-13-8-9-14-24(22)28-25/h2-18H,26H2,1H3/b3-2-,12-5-,20-17?. The molecule has 1 aromatic heterocycles. The Morgan fingerprint density at radius 2 is 1.61 bits per heavy atom. The van der Waals surface area contributed by atoms with Gasteiger partial charge in [-0.1, -0.05) is 66.8 Å². The number of nitrogens with zero attached hydrogens (tertiary/aromatic N) is 1. The molecule has 0 amide bonds. The fourth-order valence-electron chi connectivity index (χ4n) is 3.20. The minimum atomic E-state index is 0.858. The van der Waals surface area contributed by atoms with E-state index in [0.29, 0.717) is 0 Å². The van der Waals surface area contributed by atoms with Crippen molar-refractivity contribution in [2.24, 2.45) is 5.84 Å². The SMILES string of the molecule is C/C=C\C=C/C(=Cc1ccccc1)N(N)c1ccc2oc3ccccc3c2c1. The van der Waals surface area contributed by atoms with E-state index in [0.717, 1.165) is 38.9 Å². The lowest BCUT2D eigenvalue weighted by Crippen LogP contribution is -2.29. The van der Waals surface area contributed by atoms with E-state index in [9.17, 15) is 0 Å². The minimum absolute atomic E-state index is 0.858. The normalized spacial score (nSPS) is 12.6. The fraction of sp³-hybridized carbons (Fsp3) is 0.0400. The average Bonchev–Trinajstić information content (AvgIpc) is 3.11. The van der Waals surface area contributed by atoms with Gasteiger partial charge in [-0.3, -0.25) is 5.01 Å². The summed E-state index contributed by atoms with van der Waals surface area (Å²) in [6.07, 6.45) is 10.0. The molecule has 0 saturated carbocycles. The molecule has 0 aliphatic rings. The van der Waals surface area contributed by atoms with Gasteiger partial charge in [-0.2, -0.15) is 0 Å². The van der Waals surface area contributed by atoms with Gasteiger partial charge in [0.1, 0.15) is 11.2 Å². The van der Waals surface area contributed by atoms with E-state index in [1.807, 2.05) is 79.8 Å². The van der Waals surface area contributed by atoms with E-state index < -0.39 is 0 Å². The molecular weight excluding hydrogens is 344 g/mol. The van der Waals surface area contributed by atoms with Gasteiger partial charge in [0.15, 0.2) is 0 Å². The molecule has 28 heavy (non-hydrogen) atoms. The molecule has 1 heterocycles. The van der Waals surface area contributed by atoms with Crippen LogP contribution in [-0.2, 0) is 0 Å². The number of rotatable bonds is 5. The number of allylic oxidation sites excluding steroid dienone is 4. The Balaban J connectivity index is 1.78. The van der Waals surface area contributed by atoms with Crippen LogP contribution in [-0.4, -0.2) is 0 Å². The van der Waals surface area contributed by atoms with E-state index in [2.05, 4.69) is 30.3 Å². The summed E-state index contributed by atoms with van der Waals surface area (Å²) in [6.45, 7) is 1.99. The lowest BCUT2D eigenvalue weighted by Gasteiger charge is -2.20. The number of hydrogen-bond donors (Lipinski definition) is 1. The van der Waals surface area contributed by atoms with Gasteiger partial charge in [-0.05, 0) is 48.9 Å². The number of anilines is 1. The summed E-state index contributed by atoms with van der Waals surface area (Å²) in [5.41, 5.74) is 4.61. The predicted octanol–water partition coefficient (Wildman–Crippen LogP) is 6.44. The van der Waals surface area contributed by atoms with E-state index in [-0.39, 0.29) is 0 Å². The fourth-order valence-corrected chi connectivity index (χ4v) is 3.20. The lowest BCUT2D eigenvalue weighted by atomic mass is 10.1. The van der Waals surface area contributed by atoms with Gasteiger partial charge in [0.2, 0.25) is 0 Å². The molecule has 3 aromatic carbocycles. The van der Waals surface area contributed by atoms with Crippen molar-refractivity contribution in [3.63, 3.8) is 0 Å². The number of benzene rings is 3. The number of para-hydroxylation sites is 1. The van der Waals surface area contributed by atoms with Crippen LogP contribution in [0.5, 0.6) is 0 Å². The second kappa shape index (κ2) is 7.99. The average molecular weight is 366 g/mol. The van der Waals surface area contributed by atoms with Crippen LogP contribution < -0.4 is 10.9 Å². The van der Waals surface area contributed by atoms with Crippen LogP contribution in [0.25, 0.3) is 28.0 Å². The molecule has 4 rings (SSSR count). The zero-order valence-electron chi connectivity index (χ0n) is 15.7. The smallest absolute Gasteiger partial charge is 0.135 e. The van der Waals surface area contributed by atoms with Crippen LogP contribution in [0.1, 0.15) is 12.5 Å². The summed E-state index contributed by atoms with van der Waals surface area (Å²) in [6, 6.07) is 24.2. The molecule has 0 atom stereocenters. The van der Waals surface area contributed by atoms with Crippen LogP contribution in [0.15, 0.2) is 107 Å². The maximum Gasteiger partial charge on any atom is 0.135 e. The number of nitrogens with two attached hydrogens (primary N) is 1. The molecule has 0 bridgehead atoms. The van der Waals surface area contributed by atoms with Crippen LogP contribution in [0.2, 0.25) is 0 Å². The Bertz CT molecular complexity index is 1180. The zero-order valence-corrected chi connectivity index (χ0v) is 15.7. The largest absolute Gasteiger partial charge is 0.456 e. The second-order valence-electron chi connectivity index (χ2n) is 6.51. The molecule has 3 nitrogen and oxygen atoms in total. The summed E-state index contributed by atoms with van der Waals surface area (Å²) < 4.78 is 5.93. The summed E-state index contributed by atoms with van der Waals surface area (Å²) in [4.78, 5) is 0. The van der Waals surface area contributed by atoms with Gasteiger partial charge >= 0.3 is 0 Å². The van der Waals surface area contributed by atoms with Crippen molar-refractivity contribution < 1.29 is 4.42 Å². The van der Waals surface area contributed by atoms with Gasteiger partial charge in [0, 0.05) is 10.8 Å². The van der Waals surface area contributed by atoms with E-state index in [1.54, 1.807) is 5.01 Å². The van der Waals surface area contributed by atoms with Crippen molar-refractivity contribution in [3.05, 3.63) is 108 Å². The first-order chi connectivity index (χ1) is 13.8. The predicted molar refractivity (Wildman–Crippen MR) is 119 cm³/mol. The monoisotopic (exact) mass is 366 g/mol.